The predicted molar refractivity (Wildman–Crippen MR) is 110 cm³/mol. The maximum Gasteiger partial charge on any atom is 0.190 e. The van der Waals surface area contributed by atoms with Crippen LogP contribution in [0.3, 0.4) is 0 Å². The Morgan fingerprint density at radius 2 is 1.87 bits per heavy atom. The summed E-state index contributed by atoms with van der Waals surface area (Å²) < 4.78 is 5.54. The number of hydrogen-bond acceptors (Lipinski definition) is 2. The summed E-state index contributed by atoms with van der Waals surface area (Å²) in [4.78, 5) is 4.24. The maximum absolute atomic E-state index is 5.54. The van der Waals surface area contributed by atoms with Crippen molar-refractivity contribution in [2.24, 2.45) is 4.99 Å². The van der Waals surface area contributed by atoms with E-state index in [1.165, 1.54) is 17.5 Å². The third kappa shape index (κ3) is 11.4. The van der Waals surface area contributed by atoms with Crippen LogP contribution in [0, 0.1) is 6.92 Å². The summed E-state index contributed by atoms with van der Waals surface area (Å²) in [6.07, 6.45) is 4.34. The monoisotopic (exact) mass is 433 g/mol. The Labute approximate surface area is 158 Å². The zero-order valence-corrected chi connectivity index (χ0v) is 17.1. The lowest BCUT2D eigenvalue weighted by Gasteiger charge is -2.12. The maximum atomic E-state index is 5.54. The lowest BCUT2D eigenvalue weighted by atomic mass is 10.1. The van der Waals surface area contributed by atoms with Crippen molar-refractivity contribution in [2.45, 2.75) is 39.5 Å². The lowest BCUT2D eigenvalue weighted by Crippen LogP contribution is -2.39. The third-order valence-corrected chi connectivity index (χ3v) is 3.41. The number of rotatable bonds is 10. The second-order valence-corrected chi connectivity index (χ2v) is 5.48. The molecule has 0 radical (unpaired) electrons. The van der Waals surface area contributed by atoms with Gasteiger partial charge in [0.25, 0.3) is 0 Å². The van der Waals surface area contributed by atoms with Crippen LogP contribution in [0.5, 0.6) is 0 Å². The van der Waals surface area contributed by atoms with Gasteiger partial charge in [-0.05, 0) is 31.7 Å². The van der Waals surface area contributed by atoms with Crippen molar-refractivity contribution in [3.8, 4) is 0 Å². The standard InChI is InChI=1S/C18H31N3O.HI/c1-4-5-13-22-14-7-11-20-18(19-3)21-12-10-17-9-6-8-16(2)15-17;/h6,8-9,15H,4-5,7,10-14H2,1-3H3,(H2,19,20,21);1H. The Kier molecular flexibility index (Phi) is 14.2. The Hall–Kier alpha value is -0.820. The summed E-state index contributed by atoms with van der Waals surface area (Å²) >= 11 is 0. The minimum absolute atomic E-state index is 0. The van der Waals surface area contributed by atoms with Gasteiger partial charge in [0, 0.05) is 33.4 Å². The molecule has 0 heterocycles. The van der Waals surface area contributed by atoms with Crippen LogP contribution in [0.25, 0.3) is 0 Å². The van der Waals surface area contributed by atoms with Crippen molar-refractivity contribution in [3.63, 3.8) is 0 Å². The number of nitrogens with zero attached hydrogens (tertiary/aromatic N) is 1. The van der Waals surface area contributed by atoms with Gasteiger partial charge in [-0.2, -0.15) is 0 Å². The summed E-state index contributed by atoms with van der Waals surface area (Å²) in [6, 6.07) is 8.63. The SMILES string of the molecule is CCCCOCCCNC(=NC)NCCc1cccc(C)c1.I. The van der Waals surface area contributed by atoms with E-state index in [1.807, 2.05) is 0 Å². The lowest BCUT2D eigenvalue weighted by molar-refractivity contribution is 0.129. The third-order valence-electron chi connectivity index (χ3n) is 3.41. The van der Waals surface area contributed by atoms with Crippen molar-refractivity contribution in [1.29, 1.82) is 0 Å². The smallest absolute Gasteiger partial charge is 0.190 e. The van der Waals surface area contributed by atoms with Crippen LogP contribution in [0.1, 0.15) is 37.3 Å². The normalized spacial score (nSPS) is 11.0. The number of aryl methyl sites for hydroxylation is 1. The molecule has 0 unspecified atom stereocenters. The Balaban J connectivity index is 0.00000484. The largest absolute Gasteiger partial charge is 0.381 e. The number of aliphatic imine (C=N–C) groups is 1. The van der Waals surface area contributed by atoms with Crippen LogP contribution < -0.4 is 10.6 Å². The van der Waals surface area contributed by atoms with Crippen molar-refractivity contribution in [1.82, 2.24) is 10.6 Å². The number of unbranched alkanes of at least 4 members (excludes halogenated alkanes) is 1. The highest BCUT2D eigenvalue weighted by molar-refractivity contribution is 14.0. The second kappa shape index (κ2) is 14.8. The molecule has 0 spiro atoms. The van der Waals surface area contributed by atoms with Gasteiger partial charge in [-0.1, -0.05) is 43.2 Å². The molecule has 4 nitrogen and oxygen atoms in total. The molecule has 0 aliphatic heterocycles. The van der Waals surface area contributed by atoms with E-state index in [4.69, 9.17) is 4.74 Å². The molecule has 0 saturated carbocycles. The van der Waals surface area contributed by atoms with Gasteiger partial charge >= 0.3 is 0 Å². The molecule has 0 bridgehead atoms. The van der Waals surface area contributed by atoms with E-state index in [-0.39, 0.29) is 24.0 Å². The van der Waals surface area contributed by atoms with Crippen molar-refractivity contribution in [3.05, 3.63) is 35.4 Å². The van der Waals surface area contributed by atoms with Gasteiger partial charge in [0.15, 0.2) is 5.96 Å². The predicted octanol–water partition coefficient (Wildman–Crippen LogP) is 3.53. The molecule has 0 aliphatic carbocycles. The minimum atomic E-state index is 0. The quantitative estimate of drug-likeness (QED) is 0.257. The fourth-order valence-corrected chi connectivity index (χ4v) is 2.14. The minimum Gasteiger partial charge on any atom is -0.381 e. The topological polar surface area (TPSA) is 45.6 Å². The molecule has 0 aromatic heterocycles. The van der Waals surface area contributed by atoms with Gasteiger partial charge in [-0.15, -0.1) is 24.0 Å². The van der Waals surface area contributed by atoms with E-state index in [9.17, 15) is 0 Å². The molecule has 0 aliphatic rings. The van der Waals surface area contributed by atoms with Crippen LogP contribution in [0.2, 0.25) is 0 Å². The molecule has 0 amide bonds. The van der Waals surface area contributed by atoms with Crippen molar-refractivity contribution < 1.29 is 4.74 Å². The van der Waals surface area contributed by atoms with E-state index in [2.05, 4.69) is 53.7 Å². The molecule has 1 rings (SSSR count). The molecule has 5 heteroatoms. The number of nitrogens with one attached hydrogen (secondary N) is 2. The van der Waals surface area contributed by atoms with E-state index >= 15 is 0 Å². The van der Waals surface area contributed by atoms with Gasteiger partial charge in [0.1, 0.15) is 0 Å². The number of ether oxygens (including phenoxy) is 1. The zero-order valence-electron chi connectivity index (χ0n) is 14.7. The van der Waals surface area contributed by atoms with Crippen LogP contribution in [0.4, 0.5) is 0 Å². The van der Waals surface area contributed by atoms with Crippen molar-refractivity contribution in [2.75, 3.05) is 33.4 Å². The molecule has 1 aromatic rings. The average molecular weight is 433 g/mol. The van der Waals surface area contributed by atoms with Gasteiger partial charge in [0.2, 0.25) is 0 Å². The molecule has 0 saturated heterocycles. The van der Waals surface area contributed by atoms with Gasteiger partial charge < -0.3 is 15.4 Å². The van der Waals surface area contributed by atoms with Crippen molar-refractivity contribution >= 4 is 29.9 Å². The summed E-state index contributed by atoms with van der Waals surface area (Å²) in [5.41, 5.74) is 2.66. The fourth-order valence-electron chi connectivity index (χ4n) is 2.14. The summed E-state index contributed by atoms with van der Waals surface area (Å²) in [5.74, 6) is 0.862. The van der Waals surface area contributed by atoms with E-state index < -0.39 is 0 Å². The summed E-state index contributed by atoms with van der Waals surface area (Å²) in [6.45, 7) is 7.76. The molecule has 132 valence electrons. The van der Waals surface area contributed by atoms with Crippen LogP contribution in [-0.2, 0) is 11.2 Å². The van der Waals surface area contributed by atoms with Gasteiger partial charge in [-0.25, -0.2) is 0 Å². The molecule has 23 heavy (non-hydrogen) atoms. The van der Waals surface area contributed by atoms with E-state index in [1.54, 1.807) is 7.05 Å². The summed E-state index contributed by atoms with van der Waals surface area (Å²) in [7, 11) is 1.81. The van der Waals surface area contributed by atoms with Crippen LogP contribution in [-0.4, -0.2) is 39.3 Å². The average Bonchev–Trinajstić information content (AvgIpc) is 2.52. The van der Waals surface area contributed by atoms with Crippen LogP contribution >= 0.6 is 24.0 Å². The Morgan fingerprint density at radius 3 is 2.57 bits per heavy atom. The fraction of sp³-hybridized carbons (Fsp3) is 0.611. The number of benzene rings is 1. The number of halogens is 1. The molecular weight excluding hydrogens is 401 g/mol. The van der Waals surface area contributed by atoms with Gasteiger partial charge in [-0.3, -0.25) is 4.99 Å². The first-order valence-electron chi connectivity index (χ1n) is 8.34. The molecule has 0 atom stereocenters. The number of hydrogen-bond donors (Lipinski definition) is 2. The number of guanidine groups is 1. The summed E-state index contributed by atoms with van der Waals surface area (Å²) in [5, 5.41) is 6.66. The Bertz CT molecular complexity index is 438. The van der Waals surface area contributed by atoms with Crippen LogP contribution in [0.15, 0.2) is 29.3 Å². The Morgan fingerprint density at radius 1 is 1.13 bits per heavy atom. The first-order valence-corrected chi connectivity index (χ1v) is 8.34. The highest BCUT2D eigenvalue weighted by atomic mass is 127. The molecule has 2 N–H and O–H groups in total. The second-order valence-electron chi connectivity index (χ2n) is 5.48. The first-order chi connectivity index (χ1) is 10.8. The zero-order chi connectivity index (χ0) is 16.0. The van der Waals surface area contributed by atoms with Gasteiger partial charge in [0.05, 0.1) is 0 Å². The highest BCUT2D eigenvalue weighted by Gasteiger charge is 1.98. The molecular formula is C18H32IN3O. The molecule has 1 aromatic carbocycles. The van der Waals surface area contributed by atoms with E-state index in [0.29, 0.717) is 0 Å². The van der Waals surface area contributed by atoms with E-state index in [0.717, 1.165) is 51.5 Å². The molecule has 0 fully saturated rings. The highest BCUT2D eigenvalue weighted by Crippen LogP contribution is 2.03. The first kappa shape index (κ1) is 22.2.